The highest BCUT2D eigenvalue weighted by molar-refractivity contribution is 7.09. The van der Waals surface area contributed by atoms with Gasteiger partial charge in [0.2, 0.25) is 0 Å². The number of hydrogen-bond acceptors (Lipinski definition) is 6. The Balaban J connectivity index is 2.09. The molecule has 2 heterocycles. The molecular formula is C11H15N5S. The van der Waals surface area contributed by atoms with E-state index in [-0.39, 0.29) is 6.04 Å². The minimum absolute atomic E-state index is 0.168. The first kappa shape index (κ1) is 11.8. The van der Waals surface area contributed by atoms with Crippen molar-refractivity contribution in [2.45, 2.75) is 19.9 Å². The summed E-state index contributed by atoms with van der Waals surface area (Å²) in [4.78, 5) is 8.50. The van der Waals surface area contributed by atoms with Gasteiger partial charge in [-0.25, -0.2) is 15.8 Å². The molecule has 0 amide bonds. The van der Waals surface area contributed by atoms with Gasteiger partial charge in [0.05, 0.1) is 6.04 Å². The van der Waals surface area contributed by atoms with E-state index in [1.807, 2.05) is 24.4 Å². The first-order valence-electron chi connectivity index (χ1n) is 5.30. The predicted molar refractivity (Wildman–Crippen MR) is 70.9 cm³/mol. The van der Waals surface area contributed by atoms with E-state index in [1.54, 1.807) is 17.5 Å². The standard InChI is InChI=1S/C11H15N5S/c1-7-6-17-11(14-7)8(2)15-9-3-4-13-10(5-9)16-12/h3-6,8H,12H2,1-2H3,(H2,13,15,16). The van der Waals surface area contributed by atoms with Crippen LogP contribution in [0.4, 0.5) is 11.5 Å². The molecule has 1 atom stereocenters. The molecule has 0 saturated heterocycles. The molecular weight excluding hydrogens is 234 g/mol. The molecule has 0 aliphatic carbocycles. The number of thiazole rings is 1. The Morgan fingerprint density at radius 1 is 1.47 bits per heavy atom. The Morgan fingerprint density at radius 2 is 2.29 bits per heavy atom. The number of pyridine rings is 1. The van der Waals surface area contributed by atoms with Gasteiger partial charge in [-0.15, -0.1) is 11.3 Å². The maximum Gasteiger partial charge on any atom is 0.141 e. The number of rotatable bonds is 4. The maximum absolute atomic E-state index is 5.31. The number of aryl methyl sites for hydroxylation is 1. The van der Waals surface area contributed by atoms with Crippen LogP contribution in [-0.4, -0.2) is 9.97 Å². The van der Waals surface area contributed by atoms with Gasteiger partial charge in [-0.3, -0.25) is 0 Å². The molecule has 5 nitrogen and oxygen atoms in total. The molecule has 2 aromatic heterocycles. The van der Waals surface area contributed by atoms with Crippen molar-refractivity contribution in [1.29, 1.82) is 0 Å². The lowest BCUT2D eigenvalue weighted by atomic mass is 10.3. The summed E-state index contributed by atoms with van der Waals surface area (Å²) < 4.78 is 0. The van der Waals surface area contributed by atoms with Gasteiger partial charge in [0, 0.05) is 29.0 Å². The SMILES string of the molecule is Cc1csc(C(C)Nc2ccnc(NN)c2)n1. The summed E-state index contributed by atoms with van der Waals surface area (Å²) >= 11 is 1.66. The fourth-order valence-electron chi connectivity index (χ4n) is 1.48. The molecule has 2 aromatic rings. The van der Waals surface area contributed by atoms with Crippen LogP contribution in [-0.2, 0) is 0 Å². The maximum atomic E-state index is 5.31. The van der Waals surface area contributed by atoms with Gasteiger partial charge in [-0.05, 0) is 19.9 Å². The Labute approximate surface area is 104 Å². The third-order valence-corrected chi connectivity index (χ3v) is 3.44. The highest BCUT2D eigenvalue weighted by atomic mass is 32.1. The minimum atomic E-state index is 0.168. The molecule has 4 N–H and O–H groups in total. The fraction of sp³-hybridized carbons (Fsp3) is 0.273. The average molecular weight is 249 g/mol. The molecule has 0 saturated carbocycles. The largest absolute Gasteiger partial charge is 0.376 e. The summed E-state index contributed by atoms with van der Waals surface area (Å²) in [5.41, 5.74) is 4.54. The van der Waals surface area contributed by atoms with Gasteiger partial charge in [0.15, 0.2) is 0 Å². The first-order valence-corrected chi connectivity index (χ1v) is 6.18. The van der Waals surface area contributed by atoms with Gasteiger partial charge in [-0.1, -0.05) is 0 Å². The number of anilines is 2. The summed E-state index contributed by atoms with van der Waals surface area (Å²) in [6.07, 6.45) is 1.71. The average Bonchev–Trinajstić information content (AvgIpc) is 2.76. The summed E-state index contributed by atoms with van der Waals surface area (Å²) in [7, 11) is 0. The predicted octanol–water partition coefficient (Wildman–Crippen LogP) is 2.31. The molecule has 0 aromatic carbocycles. The Morgan fingerprint density at radius 3 is 2.94 bits per heavy atom. The molecule has 90 valence electrons. The molecule has 17 heavy (non-hydrogen) atoms. The third-order valence-electron chi connectivity index (χ3n) is 2.30. The lowest BCUT2D eigenvalue weighted by Gasteiger charge is -2.13. The van der Waals surface area contributed by atoms with Crippen LogP contribution in [0.15, 0.2) is 23.7 Å². The smallest absolute Gasteiger partial charge is 0.141 e. The van der Waals surface area contributed by atoms with E-state index >= 15 is 0 Å². The van der Waals surface area contributed by atoms with E-state index < -0.39 is 0 Å². The van der Waals surface area contributed by atoms with Crippen LogP contribution in [0, 0.1) is 6.92 Å². The second kappa shape index (κ2) is 5.11. The second-order valence-electron chi connectivity index (χ2n) is 3.77. The Bertz CT molecular complexity index is 496. The topological polar surface area (TPSA) is 75.9 Å². The van der Waals surface area contributed by atoms with Crippen LogP contribution in [0.3, 0.4) is 0 Å². The molecule has 1 unspecified atom stereocenters. The zero-order chi connectivity index (χ0) is 12.3. The van der Waals surface area contributed by atoms with E-state index in [4.69, 9.17) is 5.84 Å². The van der Waals surface area contributed by atoms with Crippen molar-refractivity contribution in [2.24, 2.45) is 5.84 Å². The van der Waals surface area contributed by atoms with E-state index in [1.165, 1.54) is 0 Å². The summed E-state index contributed by atoms with van der Waals surface area (Å²) in [6, 6.07) is 3.93. The van der Waals surface area contributed by atoms with Crippen LogP contribution in [0.1, 0.15) is 23.7 Å². The highest BCUT2D eigenvalue weighted by Crippen LogP contribution is 2.22. The van der Waals surface area contributed by atoms with E-state index in [0.717, 1.165) is 16.4 Å². The third kappa shape index (κ3) is 2.92. The van der Waals surface area contributed by atoms with Crippen LogP contribution in [0.25, 0.3) is 0 Å². The Kier molecular flexibility index (Phi) is 3.55. The molecule has 0 fully saturated rings. The number of hydrazine groups is 1. The second-order valence-corrected chi connectivity index (χ2v) is 4.66. The quantitative estimate of drug-likeness (QED) is 0.572. The van der Waals surface area contributed by atoms with Crippen molar-refractivity contribution in [1.82, 2.24) is 9.97 Å². The van der Waals surface area contributed by atoms with E-state index in [9.17, 15) is 0 Å². The Hall–Kier alpha value is -1.66. The van der Waals surface area contributed by atoms with Gasteiger partial charge in [-0.2, -0.15) is 0 Å². The minimum Gasteiger partial charge on any atom is -0.376 e. The van der Waals surface area contributed by atoms with Crippen molar-refractivity contribution >= 4 is 22.8 Å². The number of hydrogen-bond donors (Lipinski definition) is 3. The van der Waals surface area contributed by atoms with Crippen molar-refractivity contribution in [3.8, 4) is 0 Å². The number of nitrogen functional groups attached to an aromatic ring is 1. The summed E-state index contributed by atoms with van der Waals surface area (Å²) in [5, 5.41) is 6.48. The van der Waals surface area contributed by atoms with Gasteiger partial charge in [0.25, 0.3) is 0 Å². The van der Waals surface area contributed by atoms with Crippen molar-refractivity contribution < 1.29 is 0 Å². The highest BCUT2D eigenvalue weighted by Gasteiger charge is 2.09. The lowest BCUT2D eigenvalue weighted by molar-refractivity contribution is 0.863. The van der Waals surface area contributed by atoms with Gasteiger partial charge < -0.3 is 10.7 Å². The van der Waals surface area contributed by atoms with Crippen LogP contribution in [0.5, 0.6) is 0 Å². The van der Waals surface area contributed by atoms with Gasteiger partial charge in [0.1, 0.15) is 10.8 Å². The summed E-state index contributed by atoms with van der Waals surface area (Å²) in [6.45, 7) is 4.07. The van der Waals surface area contributed by atoms with E-state index in [0.29, 0.717) is 5.82 Å². The van der Waals surface area contributed by atoms with Crippen LogP contribution in [0.2, 0.25) is 0 Å². The molecule has 0 spiro atoms. The van der Waals surface area contributed by atoms with Crippen LogP contribution >= 0.6 is 11.3 Å². The number of aromatic nitrogens is 2. The monoisotopic (exact) mass is 249 g/mol. The molecule has 0 aliphatic heterocycles. The summed E-state index contributed by atoms with van der Waals surface area (Å²) in [5.74, 6) is 5.95. The van der Waals surface area contributed by atoms with Crippen molar-refractivity contribution in [3.05, 3.63) is 34.4 Å². The van der Waals surface area contributed by atoms with Gasteiger partial charge >= 0.3 is 0 Å². The van der Waals surface area contributed by atoms with Crippen LogP contribution < -0.4 is 16.6 Å². The molecule has 2 rings (SSSR count). The zero-order valence-corrected chi connectivity index (χ0v) is 10.6. The molecule has 0 bridgehead atoms. The molecule has 0 radical (unpaired) electrons. The number of nitrogens with one attached hydrogen (secondary N) is 2. The molecule has 6 heteroatoms. The van der Waals surface area contributed by atoms with Crippen molar-refractivity contribution in [3.63, 3.8) is 0 Å². The number of nitrogens with two attached hydrogens (primary N) is 1. The normalized spacial score (nSPS) is 12.2. The zero-order valence-electron chi connectivity index (χ0n) is 9.77. The molecule has 0 aliphatic rings. The fourth-order valence-corrected chi connectivity index (χ4v) is 2.29. The van der Waals surface area contributed by atoms with Crippen molar-refractivity contribution in [2.75, 3.05) is 10.7 Å². The first-order chi connectivity index (χ1) is 8.19. The number of nitrogens with zero attached hydrogens (tertiary/aromatic N) is 2. The lowest BCUT2D eigenvalue weighted by Crippen LogP contribution is -2.10. The van der Waals surface area contributed by atoms with E-state index in [2.05, 4.69) is 27.6 Å².